The molecule has 0 aliphatic carbocycles. The van der Waals surface area contributed by atoms with Crippen molar-refractivity contribution in [1.82, 2.24) is 20.2 Å². The maximum atomic E-state index is 11.7. The van der Waals surface area contributed by atoms with E-state index in [1.807, 2.05) is 0 Å². The Bertz CT molecular complexity index is 386. The van der Waals surface area contributed by atoms with E-state index in [9.17, 15) is 4.79 Å². The molecule has 6 heteroatoms. The highest BCUT2D eigenvalue weighted by Crippen LogP contribution is 2.07. The minimum absolute atomic E-state index is 0.195. The van der Waals surface area contributed by atoms with Crippen LogP contribution in [-0.4, -0.2) is 47.0 Å². The van der Waals surface area contributed by atoms with Crippen molar-refractivity contribution < 1.29 is 4.79 Å². The van der Waals surface area contributed by atoms with Crippen molar-refractivity contribution in [2.45, 2.75) is 19.3 Å². The number of hydrogen-bond donors (Lipinski definition) is 2. The lowest BCUT2D eigenvalue weighted by molar-refractivity contribution is 0.0941. The Morgan fingerprint density at radius 1 is 1.28 bits per heavy atom. The number of nitrogen functional groups attached to an aromatic ring is 1. The van der Waals surface area contributed by atoms with Gasteiger partial charge in [0.1, 0.15) is 11.5 Å². The van der Waals surface area contributed by atoms with Gasteiger partial charge in [0.2, 0.25) is 0 Å². The lowest BCUT2D eigenvalue weighted by atomic mass is 10.1. The maximum Gasteiger partial charge on any atom is 0.271 e. The molecule has 0 bridgehead atoms. The summed E-state index contributed by atoms with van der Waals surface area (Å²) in [7, 11) is 0. The Balaban J connectivity index is 1.72. The molecule has 1 aromatic heterocycles. The van der Waals surface area contributed by atoms with Crippen molar-refractivity contribution in [2.24, 2.45) is 0 Å². The van der Waals surface area contributed by atoms with Gasteiger partial charge in [0.15, 0.2) is 0 Å². The lowest BCUT2D eigenvalue weighted by Crippen LogP contribution is -2.37. The van der Waals surface area contributed by atoms with E-state index < -0.39 is 0 Å². The molecule has 1 saturated heterocycles. The quantitative estimate of drug-likeness (QED) is 0.800. The topological polar surface area (TPSA) is 84.1 Å². The summed E-state index contributed by atoms with van der Waals surface area (Å²) in [6, 6.07) is 0. The van der Waals surface area contributed by atoms with Crippen LogP contribution in [-0.2, 0) is 0 Å². The average molecular weight is 249 g/mol. The van der Waals surface area contributed by atoms with Gasteiger partial charge in [-0.1, -0.05) is 6.42 Å². The minimum Gasteiger partial charge on any atom is -0.382 e. The zero-order valence-corrected chi connectivity index (χ0v) is 10.4. The number of nitrogens with zero attached hydrogens (tertiary/aromatic N) is 3. The van der Waals surface area contributed by atoms with Crippen molar-refractivity contribution >= 4 is 11.7 Å². The van der Waals surface area contributed by atoms with E-state index in [2.05, 4.69) is 20.2 Å². The summed E-state index contributed by atoms with van der Waals surface area (Å²) in [5.74, 6) is 0.124. The second-order valence-electron chi connectivity index (χ2n) is 4.48. The molecule has 0 saturated carbocycles. The molecule has 3 N–H and O–H groups in total. The third-order valence-electron chi connectivity index (χ3n) is 3.07. The molecule has 1 aliphatic heterocycles. The fraction of sp³-hybridized carbons (Fsp3) is 0.583. The number of nitrogens with one attached hydrogen (secondary N) is 1. The molecule has 2 heterocycles. The third kappa shape index (κ3) is 3.66. The molecule has 2 rings (SSSR count). The first kappa shape index (κ1) is 12.8. The van der Waals surface area contributed by atoms with Crippen molar-refractivity contribution in [3.05, 3.63) is 18.1 Å². The Labute approximate surface area is 107 Å². The van der Waals surface area contributed by atoms with Gasteiger partial charge in [-0.15, -0.1) is 0 Å². The Morgan fingerprint density at radius 3 is 2.72 bits per heavy atom. The summed E-state index contributed by atoms with van der Waals surface area (Å²) in [5, 5.41) is 2.84. The molecule has 0 spiro atoms. The number of hydrogen-bond acceptors (Lipinski definition) is 5. The number of carbonyl (C=O) groups excluding carboxylic acids is 1. The van der Waals surface area contributed by atoms with Gasteiger partial charge in [0.25, 0.3) is 5.91 Å². The fourth-order valence-corrected chi connectivity index (χ4v) is 2.06. The van der Waals surface area contributed by atoms with Gasteiger partial charge < -0.3 is 16.0 Å². The van der Waals surface area contributed by atoms with E-state index in [0.717, 1.165) is 19.6 Å². The maximum absolute atomic E-state index is 11.7. The monoisotopic (exact) mass is 249 g/mol. The summed E-state index contributed by atoms with van der Waals surface area (Å²) in [4.78, 5) is 21.9. The highest BCUT2D eigenvalue weighted by Gasteiger charge is 2.11. The summed E-state index contributed by atoms with van der Waals surface area (Å²) >= 11 is 0. The van der Waals surface area contributed by atoms with Gasteiger partial charge in [-0.2, -0.15) is 0 Å². The Morgan fingerprint density at radius 2 is 2.06 bits per heavy atom. The first-order valence-corrected chi connectivity index (χ1v) is 6.34. The van der Waals surface area contributed by atoms with Gasteiger partial charge in [0.05, 0.1) is 12.4 Å². The predicted molar refractivity (Wildman–Crippen MR) is 69.1 cm³/mol. The summed E-state index contributed by atoms with van der Waals surface area (Å²) < 4.78 is 0. The van der Waals surface area contributed by atoms with E-state index >= 15 is 0 Å². The van der Waals surface area contributed by atoms with Crippen LogP contribution in [0.25, 0.3) is 0 Å². The van der Waals surface area contributed by atoms with Crippen LogP contribution in [0.15, 0.2) is 12.4 Å². The van der Waals surface area contributed by atoms with Crippen LogP contribution in [0.5, 0.6) is 0 Å². The third-order valence-corrected chi connectivity index (χ3v) is 3.07. The molecule has 1 amide bonds. The van der Waals surface area contributed by atoms with Crippen molar-refractivity contribution in [1.29, 1.82) is 0 Å². The summed E-state index contributed by atoms with van der Waals surface area (Å²) in [5.41, 5.74) is 5.72. The number of piperidine rings is 1. The average Bonchev–Trinajstić information content (AvgIpc) is 2.40. The zero-order chi connectivity index (χ0) is 12.8. The number of carbonyl (C=O) groups is 1. The molecular formula is C12H19N5O. The molecule has 0 atom stereocenters. The van der Waals surface area contributed by atoms with E-state index in [-0.39, 0.29) is 5.91 Å². The van der Waals surface area contributed by atoms with Crippen LogP contribution >= 0.6 is 0 Å². The molecule has 0 radical (unpaired) electrons. The lowest BCUT2D eigenvalue weighted by Gasteiger charge is -2.26. The Hall–Kier alpha value is -1.69. The van der Waals surface area contributed by atoms with E-state index in [0.29, 0.717) is 18.1 Å². The predicted octanol–water partition coefficient (Wildman–Crippen LogP) is 0.274. The van der Waals surface area contributed by atoms with Gasteiger partial charge in [0, 0.05) is 13.1 Å². The van der Waals surface area contributed by atoms with Crippen LogP contribution < -0.4 is 11.1 Å². The highest BCUT2D eigenvalue weighted by atomic mass is 16.1. The first-order valence-electron chi connectivity index (χ1n) is 6.34. The molecule has 1 fully saturated rings. The molecule has 18 heavy (non-hydrogen) atoms. The van der Waals surface area contributed by atoms with Crippen LogP contribution in [0.1, 0.15) is 29.8 Å². The molecule has 0 aromatic carbocycles. The van der Waals surface area contributed by atoms with Crippen molar-refractivity contribution in [3.63, 3.8) is 0 Å². The second kappa shape index (κ2) is 6.30. The molecule has 1 aromatic rings. The van der Waals surface area contributed by atoms with Gasteiger partial charge in [-0.05, 0) is 25.9 Å². The van der Waals surface area contributed by atoms with Crippen LogP contribution in [0.2, 0.25) is 0 Å². The van der Waals surface area contributed by atoms with Crippen LogP contribution in [0.4, 0.5) is 5.82 Å². The van der Waals surface area contributed by atoms with Crippen LogP contribution in [0.3, 0.4) is 0 Å². The van der Waals surface area contributed by atoms with E-state index in [4.69, 9.17) is 5.73 Å². The number of aromatic nitrogens is 2. The highest BCUT2D eigenvalue weighted by molar-refractivity contribution is 5.91. The SMILES string of the molecule is Nc1cnc(C(=O)NCCN2CCCCC2)cn1. The van der Waals surface area contributed by atoms with Gasteiger partial charge in [-0.25, -0.2) is 9.97 Å². The molecular weight excluding hydrogens is 230 g/mol. The fourth-order valence-electron chi connectivity index (χ4n) is 2.06. The summed E-state index contributed by atoms with van der Waals surface area (Å²) in [6.45, 7) is 3.81. The number of nitrogens with two attached hydrogens (primary N) is 1. The first-order chi connectivity index (χ1) is 8.75. The Kier molecular flexibility index (Phi) is 4.46. The second-order valence-corrected chi connectivity index (χ2v) is 4.48. The molecule has 98 valence electrons. The van der Waals surface area contributed by atoms with Gasteiger partial charge >= 0.3 is 0 Å². The standard InChI is InChI=1S/C12H19N5O/c13-11-9-15-10(8-16-11)12(18)14-4-7-17-5-2-1-3-6-17/h8-9H,1-7H2,(H2,13,16)(H,14,18). The smallest absolute Gasteiger partial charge is 0.271 e. The molecule has 1 aliphatic rings. The van der Waals surface area contributed by atoms with Gasteiger partial charge in [-0.3, -0.25) is 4.79 Å². The van der Waals surface area contributed by atoms with Crippen molar-refractivity contribution in [3.8, 4) is 0 Å². The normalized spacial score (nSPS) is 16.4. The number of likely N-dealkylation sites (tertiary alicyclic amines) is 1. The summed E-state index contributed by atoms with van der Waals surface area (Å²) in [6.07, 6.45) is 6.63. The number of rotatable bonds is 4. The number of amides is 1. The minimum atomic E-state index is -0.195. The zero-order valence-electron chi connectivity index (χ0n) is 10.4. The molecule has 6 nitrogen and oxygen atoms in total. The number of anilines is 1. The van der Waals surface area contributed by atoms with E-state index in [1.54, 1.807) is 0 Å². The molecule has 0 unspecified atom stereocenters. The van der Waals surface area contributed by atoms with E-state index in [1.165, 1.54) is 31.7 Å². The van der Waals surface area contributed by atoms with Crippen molar-refractivity contribution in [2.75, 3.05) is 31.9 Å². The van der Waals surface area contributed by atoms with Crippen LogP contribution in [0, 0.1) is 0 Å². The largest absolute Gasteiger partial charge is 0.382 e.